The molecular weight excluding hydrogens is 278 g/mol. The fourth-order valence-electron chi connectivity index (χ4n) is 1.39. The number of rotatable bonds is 6. The van der Waals surface area contributed by atoms with Gasteiger partial charge in [-0.1, -0.05) is 39.8 Å². The van der Waals surface area contributed by atoms with Crippen LogP contribution in [0.5, 0.6) is 0 Å². The Bertz CT molecular complexity index is 535. The zero-order valence-electron chi connectivity index (χ0n) is 9.93. The van der Waals surface area contributed by atoms with Crippen LogP contribution in [0.1, 0.15) is 0 Å². The monoisotopic (exact) mass is 289 g/mol. The maximum absolute atomic E-state index is 10.6. The Morgan fingerprint density at radius 1 is 0.737 bits per heavy atom. The second-order valence-electron chi connectivity index (χ2n) is 3.59. The van der Waals surface area contributed by atoms with Gasteiger partial charge in [0.2, 0.25) is 12.8 Å². The third-order valence-corrected chi connectivity index (χ3v) is 4.76. The molecule has 2 amide bonds. The fraction of sp³-hybridized carbons (Fsp3) is 0. The third kappa shape index (κ3) is 3.87. The van der Waals surface area contributed by atoms with Crippen molar-refractivity contribution in [1.29, 1.82) is 0 Å². The number of hydrogen-bond donors (Lipinski definition) is 0. The third-order valence-electron chi connectivity index (χ3n) is 2.34. The van der Waals surface area contributed by atoms with E-state index in [1.54, 1.807) is 33.7 Å². The van der Waals surface area contributed by atoms with E-state index in [-0.39, 0.29) is 0 Å². The first kappa shape index (κ1) is 13.7. The molecule has 0 fully saturated rings. The summed E-state index contributed by atoms with van der Waals surface area (Å²) in [6.07, 6.45) is 0.988. The molecule has 0 aliphatic rings. The van der Waals surface area contributed by atoms with Crippen molar-refractivity contribution >= 4 is 40.1 Å². The van der Waals surface area contributed by atoms with Gasteiger partial charge in [-0.05, 0) is 36.4 Å². The number of nitrogens with zero attached hydrogens (tertiary/aromatic N) is 1. The summed E-state index contributed by atoms with van der Waals surface area (Å²) in [5.41, 5.74) is 0.569. The molecule has 19 heavy (non-hydrogen) atoms. The summed E-state index contributed by atoms with van der Waals surface area (Å²) in [5.74, 6) is 0. The molecule has 0 bridgehead atoms. The number of imide groups is 1. The highest BCUT2D eigenvalue weighted by Gasteiger charge is 2.03. The van der Waals surface area contributed by atoms with E-state index in [2.05, 4.69) is 0 Å². The molecule has 0 radical (unpaired) electrons. The highest BCUT2D eigenvalue weighted by atomic mass is 33.1. The molecule has 5 heteroatoms. The molecule has 2 aromatic carbocycles. The molecule has 0 N–H and O–H groups in total. The summed E-state index contributed by atoms with van der Waals surface area (Å²) in [4.78, 5) is 24.5. The molecule has 0 heterocycles. The van der Waals surface area contributed by atoms with Crippen LogP contribution in [0.15, 0.2) is 64.4 Å². The standard InChI is InChI=1S/C14H11NO2S2/c16-10-15(11-17)12-6-8-14(9-7-12)19-18-13-4-2-1-3-5-13/h1-11H. The van der Waals surface area contributed by atoms with Gasteiger partial charge in [0.25, 0.3) is 0 Å². The van der Waals surface area contributed by atoms with Crippen molar-refractivity contribution in [1.82, 2.24) is 0 Å². The first-order valence-electron chi connectivity index (χ1n) is 5.52. The average Bonchev–Trinajstić information content (AvgIpc) is 2.49. The van der Waals surface area contributed by atoms with Crippen LogP contribution in [0.2, 0.25) is 0 Å². The maximum atomic E-state index is 10.6. The molecular formula is C14H11NO2S2. The molecule has 0 saturated carbocycles. The van der Waals surface area contributed by atoms with Gasteiger partial charge in [0.1, 0.15) is 0 Å². The molecule has 2 rings (SSSR count). The van der Waals surface area contributed by atoms with E-state index in [0.717, 1.165) is 9.80 Å². The average molecular weight is 289 g/mol. The van der Waals surface area contributed by atoms with Crippen molar-refractivity contribution in [2.75, 3.05) is 4.90 Å². The number of carbonyl (C=O) groups excluding carboxylic acids is 2. The van der Waals surface area contributed by atoms with E-state index in [1.165, 1.54) is 4.90 Å². The molecule has 0 atom stereocenters. The zero-order valence-corrected chi connectivity index (χ0v) is 11.6. The lowest BCUT2D eigenvalue weighted by atomic mass is 10.3. The van der Waals surface area contributed by atoms with Crippen LogP contribution in [0.3, 0.4) is 0 Å². The minimum atomic E-state index is 0.494. The van der Waals surface area contributed by atoms with E-state index < -0.39 is 0 Å². The highest BCUT2D eigenvalue weighted by Crippen LogP contribution is 2.37. The topological polar surface area (TPSA) is 37.4 Å². The van der Waals surface area contributed by atoms with Crippen molar-refractivity contribution in [2.24, 2.45) is 0 Å². The van der Waals surface area contributed by atoms with Gasteiger partial charge in [-0.2, -0.15) is 0 Å². The summed E-state index contributed by atoms with van der Waals surface area (Å²) in [5, 5.41) is 0. The van der Waals surface area contributed by atoms with Crippen molar-refractivity contribution in [3.8, 4) is 0 Å². The van der Waals surface area contributed by atoms with E-state index >= 15 is 0 Å². The van der Waals surface area contributed by atoms with Crippen molar-refractivity contribution in [3.05, 3.63) is 54.6 Å². The van der Waals surface area contributed by atoms with E-state index in [9.17, 15) is 9.59 Å². The normalized spacial score (nSPS) is 9.89. The van der Waals surface area contributed by atoms with Gasteiger partial charge in [-0.3, -0.25) is 14.5 Å². The summed E-state index contributed by atoms with van der Waals surface area (Å²) in [7, 11) is 3.29. The first-order valence-corrected chi connectivity index (χ1v) is 7.67. The highest BCUT2D eigenvalue weighted by molar-refractivity contribution is 8.76. The van der Waals surface area contributed by atoms with E-state index in [1.807, 2.05) is 42.5 Å². The predicted molar refractivity (Wildman–Crippen MR) is 79.2 cm³/mol. The summed E-state index contributed by atoms with van der Waals surface area (Å²) >= 11 is 0. The van der Waals surface area contributed by atoms with Crippen LogP contribution in [0.25, 0.3) is 0 Å². The van der Waals surface area contributed by atoms with Crippen LogP contribution in [-0.4, -0.2) is 12.8 Å². The molecule has 0 aliphatic carbocycles. The number of amides is 2. The number of carbonyl (C=O) groups is 2. The van der Waals surface area contributed by atoms with Gasteiger partial charge in [-0.15, -0.1) is 0 Å². The summed E-state index contributed by atoms with van der Waals surface area (Å²) in [6, 6.07) is 17.3. The predicted octanol–water partition coefficient (Wildman–Crippen LogP) is 3.61. The Balaban J connectivity index is 1.99. The molecule has 0 unspecified atom stereocenters. The van der Waals surface area contributed by atoms with Crippen LogP contribution < -0.4 is 4.90 Å². The Kier molecular flexibility index (Phi) is 5.06. The Hall–Kier alpha value is -1.72. The molecule has 0 aromatic heterocycles. The largest absolute Gasteiger partial charge is 0.278 e. The Morgan fingerprint density at radius 3 is 1.79 bits per heavy atom. The summed E-state index contributed by atoms with van der Waals surface area (Å²) in [6.45, 7) is 0. The SMILES string of the molecule is O=CN(C=O)c1ccc(SSc2ccccc2)cc1. The lowest BCUT2D eigenvalue weighted by Gasteiger charge is -2.09. The van der Waals surface area contributed by atoms with Crippen molar-refractivity contribution in [3.63, 3.8) is 0 Å². The van der Waals surface area contributed by atoms with Crippen LogP contribution in [0.4, 0.5) is 5.69 Å². The van der Waals surface area contributed by atoms with Crippen LogP contribution in [-0.2, 0) is 9.59 Å². The second kappa shape index (κ2) is 7.01. The lowest BCUT2D eigenvalue weighted by Crippen LogP contribution is -2.17. The quantitative estimate of drug-likeness (QED) is 0.601. The number of benzene rings is 2. The zero-order chi connectivity index (χ0) is 13.5. The van der Waals surface area contributed by atoms with E-state index in [4.69, 9.17) is 0 Å². The van der Waals surface area contributed by atoms with Gasteiger partial charge in [0.05, 0.1) is 5.69 Å². The van der Waals surface area contributed by atoms with E-state index in [0.29, 0.717) is 18.5 Å². The van der Waals surface area contributed by atoms with Crippen LogP contribution in [0, 0.1) is 0 Å². The smallest absolute Gasteiger partial charge is 0.220 e. The molecule has 96 valence electrons. The van der Waals surface area contributed by atoms with Crippen molar-refractivity contribution < 1.29 is 9.59 Å². The number of hydrogen-bond acceptors (Lipinski definition) is 4. The van der Waals surface area contributed by atoms with Gasteiger partial charge >= 0.3 is 0 Å². The fourth-order valence-corrected chi connectivity index (χ4v) is 3.34. The minimum absolute atomic E-state index is 0.494. The molecule has 2 aromatic rings. The van der Waals surface area contributed by atoms with Gasteiger partial charge in [0, 0.05) is 9.79 Å². The Labute approximate surface area is 119 Å². The molecule has 0 spiro atoms. The first-order chi connectivity index (χ1) is 9.33. The van der Waals surface area contributed by atoms with Gasteiger partial charge in [-0.25, -0.2) is 0 Å². The minimum Gasteiger partial charge on any atom is -0.278 e. The second-order valence-corrected chi connectivity index (χ2v) is 5.87. The lowest BCUT2D eigenvalue weighted by molar-refractivity contribution is -0.113. The summed E-state index contributed by atoms with van der Waals surface area (Å²) < 4.78 is 0. The van der Waals surface area contributed by atoms with Gasteiger partial charge < -0.3 is 0 Å². The Morgan fingerprint density at radius 2 is 1.26 bits per heavy atom. The maximum Gasteiger partial charge on any atom is 0.220 e. The molecule has 0 saturated heterocycles. The van der Waals surface area contributed by atoms with Gasteiger partial charge in [0.15, 0.2) is 0 Å². The van der Waals surface area contributed by atoms with Crippen molar-refractivity contribution in [2.45, 2.75) is 9.79 Å². The molecule has 3 nitrogen and oxygen atoms in total. The van der Waals surface area contributed by atoms with Crippen LogP contribution >= 0.6 is 21.6 Å². The number of anilines is 1. The molecule has 0 aliphatic heterocycles.